The molecule has 1 N–H and O–H groups in total. The summed E-state index contributed by atoms with van der Waals surface area (Å²) in [7, 11) is 0. The Balaban J connectivity index is 1.68. The van der Waals surface area contributed by atoms with Crippen molar-refractivity contribution >= 4 is 39.7 Å². The lowest BCUT2D eigenvalue weighted by Crippen LogP contribution is -2.17. The molecule has 24 heavy (non-hydrogen) atoms. The Morgan fingerprint density at radius 3 is 2.75 bits per heavy atom. The van der Waals surface area contributed by atoms with Crippen LogP contribution in [0.3, 0.4) is 0 Å². The van der Waals surface area contributed by atoms with Gasteiger partial charge in [-0.2, -0.15) is 5.10 Å². The minimum atomic E-state index is -0.301. The number of furan rings is 1. The van der Waals surface area contributed by atoms with Crippen LogP contribution in [0.5, 0.6) is 0 Å². The molecule has 0 bridgehead atoms. The zero-order valence-corrected chi connectivity index (χ0v) is 14.7. The Morgan fingerprint density at radius 2 is 1.96 bits per heavy atom. The van der Waals surface area contributed by atoms with Crippen molar-refractivity contribution in [3.8, 4) is 11.3 Å². The summed E-state index contributed by atoms with van der Waals surface area (Å²) in [6, 6.07) is 18.0. The molecule has 3 aromatic rings. The predicted octanol–water partition coefficient (Wildman–Crippen LogP) is 5.13. The Kier molecular flexibility index (Phi) is 5.13. The molecule has 0 aliphatic rings. The Labute approximate surface area is 152 Å². The summed E-state index contributed by atoms with van der Waals surface area (Å²) < 4.78 is 6.49. The first-order valence-corrected chi connectivity index (χ1v) is 8.24. The van der Waals surface area contributed by atoms with E-state index in [1.165, 1.54) is 6.21 Å². The fourth-order valence-corrected chi connectivity index (χ4v) is 2.70. The molecule has 0 unspecified atom stereocenters. The lowest BCUT2D eigenvalue weighted by Gasteiger charge is -2.00. The number of benzene rings is 2. The first-order valence-electron chi connectivity index (χ1n) is 7.07. The minimum Gasteiger partial charge on any atom is -0.455 e. The number of carbonyl (C=O) groups excluding carboxylic acids is 1. The smallest absolute Gasteiger partial charge is 0.271 e. The SMILES string of the molecule is O=C(N/N=C\c1ccc(-c2ccccc2Cl)o1)c1cccc(Br)c1. The lowest BCUT2D eigenvalue weighted by molar-refractivity contribution is 0.0955. The van der Waals surface area contributed by atoms with Gasteiger partial charge >= 0.3 is 0 Å². The molecule has 120 valence electrons. The van der Waals surface area contributed by atoms with E-state index < -0.39 is 0 Å². The molecule has 3 rings (SSSR count). The highest BCUT2D eigenvalue weighted by molar-refractivity contribution is 9.10. The topological polar surface area (TPSA) is 54.6 Å². The number of amides is 1. The second-order valence-electron chi connectivity index (χ2n) is 4.89. The molecule has 0 atom stereocenters. The molecular formula is C18H12BrClN2O2. The molecule has 1 heterocycles. The second kappa shape index (κ2) is 7.47. The van der Waals surface area contributed by atoms with Crippen molar-refractivity contribution in [1.29, 1.82) is 0 Å². The van der Waals surface area contributed by atoms with Crippen LogP contribution in [-0.4, -0.2) is 12.1 Å². The third kappa shape index (κ3) is 3.93. The number of nitrogens with one attached hydrogen (secondary N) is 1. The number of rotatable bonds is 4. The standard InChI is InChI=1S/C18H12BrClN2O2/c19-13-5-3-4-12(10-13)18(23)22-21-11-14-8-9-17(24-14)15-6-1-2-7-16(15)20/h1-11H,(H,22,23)/b21-11-. The third-order valence-corrected chi connectivity index (χ3v) is 4.03. The van der Waals surface area contributed by atoms with Gasteiger partial charge < -0.3 is 4.42 Å². The quantitative estimate of drug-likeness (QED) is 0.485. The Morgan fingerprint density at radius 1 is 1.12 bits per heavy atom. The number of hydrogen-bond acceptors (Lipinski definition) is 3. The third-order valence-electron chi connectivity index (χ3n) is 3.21. The van der Waals surface area contributed by atoms with Gasteiger partial charge in [0.05, 0.1) is 11.2 Å². The first-order chi connectivity index (χ1) is 11.6. The minimum absolute atomic E-state index is 0.301. The van der Waals surface area contributed by atoms with Gasteiger partial charge in [0.25, 0.3) is 5.91 Å². The van der Waals surface area contributed by atoms with Crippen molar-refractivity contribution in [3.63, 3.8) is 0 Å². The van der Waals surface area contributed by atoms with Crippen LogP contribution in [0.2, 0.25) is 5.02 Å². The second-order valence-corrected chi connectivity index (χ2v) is 6.21. The largest absolute Gasteiger partial charge is 0.455 e. The van der Waals surface area contributed by atoms with Crippen molar-refractivity contribution in [1.82, 2.24) is 5.43 Å². The molecule has 2 aromatic carbocycles. The van der Waals surface area contributed by atoms with Crippen LogP contribution in [0.25, 0.3) is 11.3 Å². The summed E-state index contributed by atoms with van der Waals surface area (Å²) >= 11 is 9.46. The van der Waals surface area contributed by atoms with Gasteiger partial charge in [-0.3, -0.25) is 4.79 Å². The summed E-state index contributed by atoms with van der Waals surface area (Å²) in [4.78, 5) is 12.0. The molecule has 4 nitrogen and oxygen atoms in total. The number of carbonyl (C=O) groups is 1. The first kappa shape index (κ1) is 16.5. The zero-order chi connectivity index (χ0) is 16.9. The van der Waals surface area contributed by atoms with E-state index in [4.69, 9.17) is 16.0 Å². The van der Waals surface area contributed by atoms with Crippen molar-refractivity contribution < 1.29 is 9.21 Å². The van der Waals surface area contributed by atoms with Crippen LogP contribution in [0.1, 0.15) is 16.1 Å². The van der Waals surface area contributed by atoms with Crippen molar-refractivity contribution in [2.24, 2.45) is 5.10 Å². The van der Waals surface area contributed by atoms with Crippen molar-refractivity contribution in [3.05, 3.63) is 81.5 Å². The highest BCUT2D eigenvalue weighted by Crippen LogP contribution is 2.28. The molecule has 1 aromatic heterocycles. The maximum atomic E-state index is 12.0. The molecule has 0 aliphatic heterocycles. The maximum absolute atomic E-state index is 12.0. The van der Waals surface area contributed by atoms with E-state index in [1.54, 1.807) is 36.4 Å². The normalized spacial score (nSPS) is 10.9. The van der Waals surface area contributed by atoms with Gasteiger partial charge in [0, 0.05) is 15.6 Å². The van der Waals surface area contributed by atoms with E-state index in [-0.39, 0.29) is 5.91 Å². The van der Waals surface area contributed by atoms with Gasteiger partial charge in [-0.15, -0.1) is 0 Å². The van der Waals surface area contributed by atoms with E-state index in [2.05, 4.69) is 26.5 Å². The van der Waals surface area contributed by atoms with Crippen molar-refractivity contribution in [2.75, 3.05) is 0 Å². The van der Waals surface area contributed by atoms with Crippen LogP contribution in [-0.2, 0) is 0 Å². The van der Waals surface area contributed by atoms with Crippen LogP contribution in [0.15, 0.2) is 74.7 Å². The molecule has 0 aliphatic carbocycles. The summed E-state index contributed by atoms with van der Waals surface area (Å²) in [5.74, 6) is 0.852. The van der Waals surface area contributed by atoms with E-state index >= 15 is 0 Å². The zero-order valence-electron chi connectivity index (χ0n) is 12.4. The van der Waals surface area contributed by atoms with Crippen LogP contribution in [0.4, 0.5) is 0 Å². The van der Waals surface area contributed by atoms with Crippen LogP contribution < -0.4 is 5.43 Å². The van der Waals surface area contributed by atoms with Gasteiger partial charge in [0.1, 0.15) is 11.5 Å². The fraction of sp³-hybridized carbons (Fsp3) is 0. The maximum Gasteiger partial charge on any atom is 0.271 e. The summed E-state index contributed by atoms with van der Waals surface area (Å²) in [6.07, 6.45) is 1.44. The fourth-order valence-electron chi connectivity index (χ4n) is 2.08. The van der Waals surface area contributed by atoms with E-state index in [0.29, 0.717) is 22.1 Å². The lowest BCUT2D eigenvalue weighted by atomic mass is 10.2. The van der Waals surface area contributed by atoms with Gasteiger partial charge in [-0.25, -0.2) is 5.43 Å². The monoisotopic (exact) mass is 402 g/mol. The number of nitrogens with zero attached hydrogens (tertiary/aromatic N) is 1. The van der Waals surface area contributed by atoms with Crippen LogP contribution in [0, 0.1) is 0 Å². The molecule has 0 fully saturated rings. The molecule has 1 amide bonds. The summed E-state index contributed by atoms with van der Waals surface area (Å²) in [6.45, 7) is 0. The Bertz CT molecular complexity index is 905. The molecule has 0 radical (unpaired) electrons. The molecular weight excluding hydrogens is 392 g/mol. The highest BCUT2D eigenvalue weighted by Gasteiger charge is 2.07. The van der Waals surface area contributed by atoms with Gasteiger partial charge in [-0.1, -0.05) is 45.7 Å². The van der Waals surface area contributed by atoms with E-state index in [1.807, 2.05) is 24.3 Å². The van der Waals surface area contributed by atoms with Crippen LogP contribution >= 0.6 is 27.5 Å². The van der Waals surface area contributed by atoms with Gasteiger partial charge in [-0.05, 0) is 42.5 Å². The van der Waals surface area contributed by atoms with E-state index in [0.717, 1.165) is 10.0 Å². The Hall–Kier alpha value is -2.37. The molecule has 0 saturated carbocycles. The van der Waals surface area contributed by atoms with Crippen molar-refractivity contribution in [2.45, 2.75) is 0 Å². The average molecular weight is 404 g/mol. The highest BCUT2D eigenvalue weighted by atomic mass is 79.9. The molecule has 0 spiro atoms. The molecule has 0 saturated heterocycles. The summed E-state index contributed by atoms with van der Waals surface area (Å²) in [5.41, 5.74) is 3.77. The number of hydrazone groups is 1. The van der Waals surface area contributed by atoms with E-state index in [9.17, 15) is 4.79 Å². The number of hydrogen-bond donors (Lipinski definition) is 1. The number of halogens is 2. The van der Waals surface area contributed by atoms with Gasteiger partial charge in [0.2, 0.25) is 0 Å². The average Bonchev–Trinajstić information content (AvgIpc) is 3.04. The predicted molar refractivity (Wildman–Crippen MR) is 98.4 cm³/mol. The summed E-state index contributed by atoms with van der Waals surface area (Å²) in [5, 5.41) is 4.52. The molecule has 6 heteroatoms. The van der Waals surface area contributed by atoms with Gasteiger partial charge in [0.15, 0.2) is 0 Å².